The van der Waals surface area contributed by atoms with Crippen LogP contribution in [0.25, 0.3) is 0 Å². The van der Waals surface area contributed by atoms with Crippen molar-refractivity contribution in [3.05, 3.63) is 83.7 Å². The van der Waals surface area contributed by atoms with Gasteiger partial charge in [0.15, 0.2) is 0 Å². The molecule has 7 unspecified atom stereocenters. The van der Waals surface area contributed by atoms with Crippen LogP contribution in [-0.4, -0.2) is 91.2 Å². The molecule has 376 valence electrons. The van der Waals surface area contributed by atoms with Gasteiger partial charge in [-0.1, -0.05) is 107 Å². The first-order chi connectivity index (χ1) is 33.3. The predicted octanol–water partition coefficient (Wildman–Crippen LogP) is 11.3. The van der Waals surface area contributed by atoms with Crippen LogP contribution in [0.1, 0.15) is 152 Å². The molecular formula is C54H78FN3O10. The summed E-state index contributed by atoms with van der Waals surface area (Å²) >= 11 is 0. The van der Waals surface area contributed by atoms with Crippen LogP contribution >= 0.6 is 0 Å². The van der Waals surface area contributed by atoms with Crippen molar-refractivity contribution in [2.75, 3.05) is 40.1 Å². The molecule has 0 radical (unpaired) electrons. The minimum Gasteiger partial charge on any atom is -0.459 e. The number of ether oxygens (including phenoxy) is 5. The van der Waals surface area contributed by atoms with Crippen molar-refractivity contribution in [3.8, 4) is 11.5 Å². The molecule has 4 aliphatic rings. The second-order valence-corrected chi connectivity index (χ2v) is 18.9. The Bertz CT molecular complexity index is 1940. The Morgan fingerprint density at radius 2 is 1.66 bits per heavy atom. The number of carbonyl (C=O) groups is 2. The Morgan fingerprint density at radius 3 is 2.34 bits per heavy atom. The fourth-order valence-corrected chi connectivity index (χ4v) is 10.8. The highest BCUT2D eigenvalue weighted by Crippen LogP contribution is 2.62. The largest absolute Gasteiger partial charge is 0.459 e. The summed E-state index contributed by atoms with van der Waals surface area (Å²) in [5, 5.41) is 27.8. The predicted molar refractivity (Wildman–Crippen MR) is 260 cm³/mol. The van der Waals surface area contributed by atoms with Crippen LogP contribution in [0.15, 0.2) is 71.9 Å². The summed E-state index contributed by atoms with van der Waals surface area (Å²) in [4.78, 5) is 35.4. The molecule has 2 aliphatic carbocycles. The first kappa shape index (κ1) is 52.9. The molecule has 68 heavy (non-hydrogen) atoms. The smallest absolute Gasteiger partial charge is 0.412 e. The van der Waals surface area contributed by atoms with E-state index in [-0.39, 0.29) is 50.5 Å². The number of allylic oxidation sites excluding steroid dienone is 1. The number of nitrogens with one attached hydrogen (secondary N) is 1. The van der Waals surface area contributed by atoms with Crippen molar-refractivity contribution in [2.45, 2.75) is 166 Å². The fraction of sp³-hybridized carbons (Fsp3) is 0.648. The zero-order valence-electron chi connectivity index (χ0n) is 40.7. The van der Waals surface area contributed by atoms with Crippen LogP contribution in [0.5, 0.6) is 11.5 Å². The van der Waals surface area contributed by atoms with Gasteiger partial charge in [-0.25, -0.2) is 14.0 Å². The monoisotopic (exact) mass is 948 g/mol. The van der Waals surface area contributed by atoms with Gasteiger partial charge in [-0.3, -0.25) is 4.90 Å². The minimum atomic E-state index is -1.55. The lowest BCUT2D eigenvalue weighted by atomic mass is 9.55. The van der Waals surface area contributed by atoms with Gasteiger partial charge in [0.25, 0.3) is 0 Å². The van der Waals surface area contributed by atoms with Gasteiger partial charge in [-0.15, -0.1) is 6.58 Å². The highest BCUT2D eigenvalue weighted by Gasteiger charge is 2.65. The number of aliphatic hydroxyl groups is 2. The first-order valence-corrected chi connectivity index (χ1v) is 25.7. The number of methoxy groups -OCH3 is 1. The van der Waals surface area contributed by atoms with Crippen molar-refractivity contribution in [2.24, 2.45) is 22.9 Å². The normalized spacial score (nSPS) is 24.5. The van der Waals surface area contributed by atoms with E-state index in [4.69, 9.17) is 33.7 Å². The molecule has 13 nitrogen and oxygen atoms in total. The molecule has 1 saturated heterocycles. The van der Waals surface area contributed by atoms with E-state index in [2.05, 4.69) is 24.9 Å². The summed E-state index contributed by atoms with van der Waals surface area (Å²) in [6, 6.07) is 10.6. The first-order valence-electron chi connectivity index (χ1n) is 25.7. The fourth-order valence-electron chi connectivity index (χ4n) is 10.8. The van der Waals surface area contributed by atoms with Gasteiger partial charge >= 0.3 is 12.2 Å². The SMILES string of the molecule is C=CCOC12Oc3ccc(OC(=O)NCCCCCCCCCCCC)cc3C3C(CCCCO)C(CCCCO)C=C(C(=NOC4CCCCO4)CC1N(Cc1ccc(F)cc1)C(=O)OC)C32. The molecule has 1 saturated carbocycles. The molecule has 2 fully saturated rings. The average Bonchev–Trinajstić information content (AvgIpc) is 3.35. The van der Waals surface area contributed by atoms with E-state index in [1.54, 1.807) is 29.2 Å². The molecule has 14 heteroatoms. The number of halogens is 1. The van der Waals surface area contributed by atoms with E-state index in [1.807, 2.05) is 12.1 Å². The molecule has 0 spiro atoms. The zero-order valence-corrected chi connectivity index (χ0v) is 40.7. The van der Waals surface area contributed by atoms with E-state index in [0.717, 1.165) is 68.9 Å². The molecule has 3 N–H and O–H groups in total. The lowest BCUT2D eigenvalue weighted by Gasteiger charge is -2.59. The van der Waals surface area contributed by atoms with Crippen molar-refractivity contribution >= 4 is 17.9 Å². The summed E-state index contributed by atoms with van der Waals surface area (Å²) in [5.41, 5.74) is 2.95. The van der Waals surface area contributed by atoms with E-state index in [1.165, 1.54) is 64.2 Å². The third-order valence-corrected chi connectivity index (χ3v) is 14.1. The number of unbranched alkanes of at least 4 members (excludes halogenated alkanes) is 11. The van der Waals surface area contributed by atoms with Crippen LogP contribution in [0.3, 0.4) is 0 Å². The molecule has 2 amide bonds. The van der Waals surface area contributed by atoms with Gasteiger partial charge in [0.1, 0.15) is 23.4 Å². The topological polar surface area (TPSA) is 158 Å². The maximum absolute atomic E-state index is 14.3. The summed E-state index contributed by atoms with van der Waals surface area (Å²) in [6.07, 6.45) is 21.2. The lowest BCUT2D eigenvalue weighted by Crippen LogP contribution is -2.70. The highest BCUT2D eigenvalue weighted by atomic mass is 19.1. The highest BCUT2D eigenvalue weighted by molar-refractivity contribution is 6.03. The third-order valence-electron chi connectivity index (χ3n) is 14.1. The lowest BCUT2D eigenvalue weighted by molar-refractivity contribution is -0.256. The average molecular weight is 948 g/mol. The molecular weight excluding hydrogens is 870 g/mol. The molecule has 2 aromatic rings. The second kappa shape index (κ2) is 27.6. The number of aliphatic hydroxyl groups excluding tert-OH is 2. The number of oxime groups is 1. The van der Waals surface area contributed by atoms with Crippen LogP contribution in [0, 0.1) is 23.6 Å². The van der Waals surface area contributed by atoms with Gasteiger partial charge in [0, 0.05) is 50.6 Å². The van der Waals surface area contributed by atoms with E-state index in [9.17, 15) is 24.2 Å². The number of benzene rings is 2. The number of fused-ring (bicyclic) bond motifs is 2. The van der Waals surface area contributed by atoms with Crippen molar-refractivity contribution in [1.82, 2.24) is 10.2 Å². The maximum atomic E-state index is 14.3. The van der Waals surface area contributed by atoms with E-state index in [0.29, 0.717) is 55.2 Å². The second-order valence-electron chi connectivity index (χ2n) is 18.9. The number of nitrogens with zero attached hydrogens (tertiary/aromatic N) is 2. The Balaban J connectivity index is 1.40. The maximum Gasteiger partial charge on any atom is 0.412 e. The van der Waals surface area contributed by atoms with Gasteiger partial charge in [-0.2, -0.15) is 0 Å². The summed E-state index contributed by atoms with van der Waals surface area (Å²) in [7, 11) is 1.33. The van der Waals surface area contributed by atoms with Crippen molar-refractivity contribution < 1.29 is 52.7 Å². The standard InChI is InChI=1S/C54H78FN3O10/c1-4-6-7-8-9-10-11-12-13-17-30-56-52(61)66-42-28-29-47-45(36-42)50-43(22-15-19-32-60)40(21-14-18-31-59)35-44-46(57-68-49-23-16-20-34-64-49)37-48(54(67-47,51(44)50)65-33-5-2)58(53(62)63-3)38-39-24-26-41(55)27-25-39/h5,24-29,35-36,40,43,48-51,59-60H,2,4,6-23,30-34,37-38H2,1,3H3,(H,56,61). The molecule has 2 aliphatic heterocycles. The van der Waals surface area contributed by atoms with E-state index >= 15 is 0 Å². The molecule has 7 atom stereocenters. The summed E-state index contributed by atoms with van der Waals surface area (Å²) < 4.78 is 46.1. The molecule has 2 aromatic carbocycles. The molecule has 0 aromatic heterocycles. The zero-order chi connectivity index (χ0) is 48.1. The molecule has 0 bridgehead atoms. The summed E-state index contributed by atoms with van der Waals surface area (Å²) in [6.45, 7) is 7.55. The third kappa shape index (κ3) is 14.1. The minimum absolute atomic E-state index is 0.00270. The van der Waals surface area contributed by atoms with Gasteiger partial charge in [-0.05, 0) is 98.2 Å². The summed E-state index contributed by atoms with van der Waals surface area (Å²) in [5.74, 6) is -2.07. The van der Waals surface area contributed by atoms with Crippen LogP contribution in [0.4, 0.5) is 14.0 Å². The molecule has 6 rings (SSSR count). The number of hydrogen-bond acceptors (Lipinski definition) is 11. The van der Waals surface area contributed by atoms with E-state index < -0.39 is 42.0 Å². The Morgan fingerprint density at radius 1 is 0.941 bits per heavy atom. The van der Waals surface area contributed by atoms with Gasteiger partial charge in [0.05, 0.1) is 32.0 Å². The van der Waals surface area contributed by atoms with Crippen LogP contribution in [-0.2, 0) is 25.6 Å². The Labute approximate surface area is 403 Å². The van der Waals surface area contributed by atoms with Gasteiger partial charge in [0.2, 0.25) is 12.1 Å². The van der Waals surface area contributed by atoms with Crippen molar-refractivity contribution in [1.29, 1.82) is 0 Å². The van der Waals surface area contributed by atoms with Crippen LogP contribution < -0.4 is 14.8 Å². The van der Waals surface area contributed by atoms with Crippen molar-refractivity contribution in [3.63, 3.8) is 0 Å². The van der Waals surface area contributed by atoms with Gasteiger partial charge < -0.3 is 44.1 Å². The number of amides is 2. The quantitative estimate of drug-likeness (QED) is 0.0426. The molecule has 2 heterocycles. The Kier molecular flexibility index (Phi) is 21.5. The number of rotatable bonds is 28. The number of carbonyl (C=O) groups excluding carboxylic acids is 2. The number of hydrogen-bond donors (Lipinski definition) is 3. The Hall–Kier alpha value is -4.50. The van der Waals surface area contributed by atoms with Crippen LogP contribution in [0.2, 0.25) is 0 Å².